The molecule has 3 aromatic rings. The maximum absolute atomic E-state index is 13.5. The molecule has 2 unspecified atom stereocenters. The Bertz CT molecular complexity index is 1200. The van der Waals surface area contributed by atoms with E-state index >= 15 is 0 Å². The maximum Gasteiger partial charge on any atom is 0.255 e. The van der Waals surface area contributed by atoms with Gasteiger partial charge in [-0.15, -0.1) is 12.4 Å². The number of nitrogens with one attached hydrogen (secondary N) is 2. The van der Waals surface area contributed by atoms with Crippen molar-refractivity contribution in [2.45, 2.75) is 57.3 Å². The molecule has 2 amide bonds. The number of carbonyl (C=O) groups is 2. The summed E-state index contributed by atoms with van der Waals surface area (Å²) in [5.74, 6) is 0.200. The Hall–Kier alpha value is -3.09. The molecule has 0 aromatic heterocycles. The lowest BCUT2D eigenvalue weighted by Gasteiger charge is -2.39. The van der Waals surface area contributed by atoms with E-state index in [0.717, 1.165) is 30.2 Å². The molecule has 2 atom stereocenters. The van der Waals surface area contributed by atoms with Crippen molar-refractivity contribution in [3.05, 3.63) is 71.8 Å². The van der Waals surface area contributed by atoms with Gasteiger partial charge in [-0.25, -0.2) is 0 Å². The molecule has 2 heterocycles. The number of rotatable bonds is 6. The quantitative estimate of drug-likeness (QED) is 0.498. The minimum atomic E-state index is -0.177. The summed E-state index contributed by atoms with van der Waals surface area (Å²) in [5.41, 5.74) is 2.41. The number of ether oxygens (including phenoxy) is 1. The molecule has 35 heavy (non-hydrogen) atoms. The van der Waals surface area contributed by atoms with Gasteiger partial charge in [0.1, 0.15) is 5.75 Å². The number of hydrogen-bond acceptors (Lipinski definition) is 4. The lowest BCUT2D eigenvalue weighted by atomic mass is 9.95. The Morgan fingerprint density at radius 1 is 0.971 bits per heavy atom. The van der Waals surface area contributed by atoms with Gasteiger partial charge in [0.15, 0.2) is 0 Å². The highest BCUT2D eigenvalue weighted by atomic mass is 35.5. The normalized spacial score (nSPS) is 21.3. The van der Waals surface area contributed by atoms with Crippen LogP contribution >= 0.6 is 12.4 Å². The Kier molecular flexibility index (Phi) is 7.63. The van der Waals surface area contributed by atoms with Crippen molar-refractivity contribution in [2.24, 2.45) is 0 Å². The molecular formula is C28H32ClN3O3. The summed E-state index contributed by atoms with van der Waals surface area (Å²) in [6.45, 7) is 2.44. The van der Waals surface area contributed by atoms with Crippen LogP contribution in [0, 0.1) is 0 Å². The van der Waals surface area contributed by atoms with Gasteiger partial charge in [-0.1, -0.05) is 54.6 Å². The van der Waals surface area contributed by atoms with E-state index < -0.39 is 0 Å². The molecule has 2 saturated heterocycles. The fraction of sp³-hybridized carbons (Fsp3) is 0.357. The molecule has 2 bridgehead atoms. The number of hydrogen-bond donors (Lipinski definition) is 2. The van der Waals surface area contributed by atoms with Crippen molar-refractivity contribution < 1.29 is 14.3 Å². The molecule has 3 aromatic carbocycles. The highest BCUT2D eigenvalue weighted by Gasteiger charge is 2.41. The first kappa shape index (κ1) is 25.0. The van der Waals surface area contributed by atoms with Crippen molar-refractivity contribution in [1.82, 2.24) is 10.2 Å². The van der Waals surface area contributed by atoms with Crippen molar-refractivity contribution >= 4 is 40.7 Å². The second kappa shape index (κ2) is 10.7. The number of carbonyl (C=O) groups excluding carboxylic acids is 2. The van der Waals surface area contributed by atoms with Crippen LogP contribution in [0.4, 0.5) is 5.69 Å². The van der Waals surface area contributed by atoms with Gasteiger partial charge in [0.2, 0.25) is 5.91 Å². The monoisotopic (exact) mass is 493 g/mol. The van der Waals surface area contributed by atoms with E-state index in [4.69, 9.17) is 4.74 Å². The third kappa shape index (κ3) is 5.14. The van der Waals surface area contributed by atoms with Crippen LogP contribution in [0.5, 0.6) is 5.75 Å². The van der Waals surface area contributed by atoms with Crippen molar-refractivity contribution in [3.63, 3.8) is 0 Å². The number of fused-ring (bicyclic) bond motifs is 3. The molecule has 2 aliphatic rings. The van der Waals surface area contributed by atoms with E-state index in [1.54, 1.807) is 13.2 Å². The van der Waals surface area contributed by atoms with Gasteiger partial charge in [-0.05, 0) is 37.3 Å². The van der Waals surface area contributed by atoms with Gasteiger partial charge in [-0.2, -0.15) is 0 Å². The molecule has 2 fully saturated rings. The van der Waals surface area contributed by atoms with Crippen LogP contribution < -0.4 is 15.4 Å². The standard InChI is InChI=1S/C28H31N3O3.ClH/c1-18(32)29-26-16-25(27(34-2)24-11-7-6-10-23(24)26)28(33)30-20-14-21-12-13-22(15-20)31(21)17-19-8-4-3-5-9-19;/h3-11,16,20-22H,12-15,17H2,1-2H3,(H,29,32)(H,30,33);1H. The number of anilines is 1. The van der Waals surface area contributed by atoms with Crippen LogP contribution in [0.15, 0.2) is 60.7 Å². The number of nitrogens with zero attached hydrogens (tertiary/aromatic N) is 1. The van der Waals surface area contributed by atoms with Crippen molar-refractivity contribution in [3.8, 4) is 5.75 Å². The summed E-state index contributed by atoms with van der Waals surface area (Å²) in [6, 6.07) is 21.1. The Balaban J connectivity index is 0.00000289. The number of methoxy groups -OCH3 is 1. The van der Waals surface area contributed by atoms with Gasteiger partial charge >= 0.3 is 0 Å². The second-order valence-electron chi connectivity index (χ2n) is 9.42. The Labute approximate surface area is 212 Å². The maximum atomic E-state index is 13.5. The number of halogens is 1. The first-order chi connectivity index (χ1) is 16.5. The van der Waals surface area contributed by atoms with E-state index in [0.29, 0.717) is 29.1 Å². The molecule has 0 saturated carbocycles. The topological polar surface area (TPSA) is 70.7 Å². The van der Waals surface area contributed by atoms with Crippen LogP contribution in [-0.4, -0.2) is 41.9 Å². The van der Waals surface area contributed by atoms with Crippen LogP contribution in [0.2, 0.25) is 0 Å². The summed E-state index contributed by atoms with van der Waals surface area (Å²) in [6.07, 6.45) is 4.25. The largest absolute Gasteiger partial charge is 0.495 e. The number of piperidine rings is 1. The molecule has 2 N–H and O–H groups in total. The number of benzene rings is 3. The zero-order valence-electron chi connectivity index (χ0n) is 20.1. The third-order valence-electron chi connectivity index (χ3n) is 7.18. The molecule has 0 radical (unpaired) electrons. The van der Waals surface area contributed by atoms with Crippen LogP contribution in [0.3, 0.4) is 0 Å². The van der Waals surface area contributed by atoms with E-state index in [1.807, 2.05) is 24.3 Å². The minimum absolute atomic E-state index is 0. The summed E-state index contributed by atoms with van der Waals surface area (Å²) in [7, 11) is 1.58. The zero-order valence-corrected chi connectivity index (χ0v) is 20.9. The van der Waals surface area contributed by atoms with Crippen LogP contribution in [0.25, 0.3) is 10.8 Å². The fourth-order valence-electron chi connectivity index (χ4n) is 5.74. The highest BCUT2D eigenvalue weighted by molar-refractivity contribution is 6.10. The van der Waals surface area contributed by atoms with Gasteiger partial charge in [0.25, 0.3) is 5.91 Å². The molecule has 5 rings (SSSR count). The summed E-state index contributed by atoms with van der Waals surface area (Å²) in [4.78, 5) is 27.9. The first-order valence-electron chi connectivity index (χ1n) is 12.0. The molecule has 0 spiro atoms. The van der Waals surface area contributed by atoms with E-state index in [1.165, 1.54) is 25.3 Å². The smallest absolute Gasteiger partial charge is 0.255 e. The third-order valence-corrected chi connectivity index (χ3v) is 7.18. The van der Waals surface area contributed by atoms with Gasteiger partial charge in [0.05, 0.1) is 12.7 Å². The number of amides is 2. The summed E-state index contributed by atoms with van der Waals surface area (Å²) < 4.78 is 5.69. The van der Waals surface area contributed by atoms with Gasteiger partial charge in [0, 0.05) is 48.1 Å². The molecule has 0 aliphatic carbocycles. The Morgan fingerprint density at radius 2 is 1.60 bits per heavy atom. The minimum Gasteiger partial charge on any atom is -0.495 e. The SMILES string of the molecule is COc1c(C(=O)NC2CC3CCC(C2)N3Cc2ccccc2)cc(NC(C)=O)c2ccccc12.Cl. The van der Waals surface area contributed by atoms with Crippen molar-refractivity contribution in [1.29, 1.82) is 0 Å². The fourth-order valence-corrected chi connectivity index (χ4v) is 5.74. The lowest BCUT2D eigenvalue weighted by molar-refractivity contribution is -0.114. The molecule has 2 aliphatic heterocycles. The molecule has 7 heteroatoms. The van der Waals surface area contributed by atoms with Gasteiger partial charge in [-0.3, -0.25) is 14.5 Å². The van der Waals surface area contributed by atoms with E-state index in [2.05, 4.69) is 45.9 Å². The summed E-state index contributed by atoms with van der Waals surface area (Å²) in [5, 5.41) is 7.80. The van der Waals surface area contributed by atoms with Crippen LogP contribution in [0.1, 0.15) is 48.5 Å². The van der Waals surface area contributed by atoms with E-state index in [-0.39, 0.29) is 30.3 Å². The second-order valence-corrected chi connectivity index (χ2v) is 9.42. The lowest BCUT2D eigenvalue weighted by Crippen LogP contribution is -2.50. The Morgan fingerprint density at radius 3 is 2.23 bits per heavy atom. The molecule has 6 nitrogen and oxygen atoms in total. The molecule has 184 valence electrons. The average molecular weight is 494 g/mol. The zero-order chi connectivity index (χ0) is 23.7. The van der Waals surface area contributed by atoms with Crippen molar-refractivity contribution in [2.75, 3.05) is 12.4 Å². The average Bonchev–Trinajstić information content (AvgIpc) is 3.06. The highest BCUT2D eigenvalue weighted by Crippen LogP contribution is 2.38. The van der Waals surface area contributed by atoms with Gasteiger partial charge < -0.3 is 15.4 Å². The predicted molar refractivity (Wildman–Crippen MR) is 141 cm³/mol. The first-order valence-corrected chi connectivity index (χ1v) is 12.0. The van der Waals surface area contributed by atoms with Crippen LogP contribution in [-0.2, 0) is 11.3 Å². The predicted octanol–water partition coefficient (Wildman–Crippen LogP) is 5.15. The van der Waals surface area contributed by atoms with E-state index in [9.17, 15) is 9.59 Å². The molecular weight excluding hydrogens is 462 g/mol. The summed E-state index contributed by atoms with van der Waals surface area (Å²) >= 11 is 0.